The first kappa shape index (κ1) is 19.3. The predicted molar refractivity (Wildman–Crippen MR) is 106 cm³/mol. The Morgan fingerprint density at radius 2 is 1.81 bits per heavy atom. The first-order valence-corrected chi connectivity index (χ1v) is 9.97. The number of hydrogen-bond acceptors (Lipinski definition) is 5. The number of ether oxygens (including phenoxy) is 1. The van der Waals surface area contributed by atoms with E-state index in [0.29, 0.717) is 18.6 Å². The first-order valence-electron chi connectivity index (χ1n) is 9.18. The van der Waals surface area contributed by atoms with Crippen LogP contribution < -0.4 is 5.32 Å². The number of nitrogens with zero attached hydrogens (tertiary/aromatic N) is 3. The largest absolute Gasteiger partial charge is 0.394 e. The van der Waals surface area contributed by atoms with Gasteiger partial charge in [0, 0.05) is 17.4 Å². The van der Waals surface area contributed by atoms with Crippen molar-refractivity contribution in [2.24, 2.45) is 0 Å². The minimum atomic E-state index is 0.0896. The summed E-state index contributed by atoms with van der Waals surface area (Å²) in [6, 6.07) is 4.53. The summed E-state index contributed by atoms with van der Waals surface area (Å²) in [5.74, 6) is 1.55. The molecule has 142 valence electrons. The van der Waals surface area contributed by atoms with E-state index in [4.69, 9.17) is 14.8 Å². The molecule has 0 spiro atoms. The Bertz CT molecular complexity index is 735. The quantitative estimate of drug-likeness (QED) is 0.742. The van der Waals surface area contributed by atoms with E-state index in [-0.39, 0.29) is 12.7 Å². The first-order chi connectivity index (χ1) is 12.5. The lowest BCUT2D eigenvalue weighted by molar-refractivity contribution is 0.00721. The van der Waals surface area contributed by atoms with Crippen molar-refractivity contribution in [1.82, 2.24) is 14.5 Å². The zero-order chi connectivity index (χ0) is 18.7. The summed E-state index contributed by atoms with van der Waals surface area (Å²) < 4.78 is 8.64. The summed E-state index contributed by atoms with van der Waals surface area (Å²) in [7, 11) is 0. The van der Waals surface area contributed by atoms with Gasteiger partial charge in [0.25, 0.3) is 0 Å². The van der Waals surface area contributed by atoms with E-state index < -0.39 is 0 Å². The fourth-order valence-corrected chi connectivity index (χ4v) is 3.80. The molecule has 2 aromatic heterocycles. The van der Waals surface area contributed by atoms with Crippen molar-refractivity contribution >= 4 is 21.7 Å². The molecule has 1 saturated carbocycles. The molecule has 1 aliphatic rings. The summed E-state index contributed by atoms with van der Waals surface area (Å²) in [6.07, 6.45) is 4.33. The van der Waals surface area contributed by atoms with Gasteiger partial charge < -0.3 is 15.2 Å². The van der Waals surface area contributed by atoms with E-state index in [1.54, 1.807) is 0 Å². The van der Waals surface area contributed by atoms with Crippen LogP contribution in [0.2, 0.25) is 0 Å². The van der Waals surface area contributed by atoms with Crippen LogP contribution in [0.4, 0.5) is 5.82 Å². The smallest absolute Gasteiger partial charge is 0.236 e. The SMILES string of the molecule is Cc1nc(-n2c(C)ccc2C)nc(N[C@H]2CC[C@@H](OCCO)CC2)c1Br. The highest BCUT2D eigenvalue weighted by atomic mass is 79.9. The maximum Gasteiger partial charge on any atom is 0.236 e. The summed E-state index contributed by atoms with van der Waals surface area (Å²) in [6.45, 7) is 6.64. The van der Waals surface area contributed by atoms with Gasteiger partial charge in [-0.3, -0.25) is 4.57 Å². The van der Waals surface area contributed by atoms with Crippen LogP contribution in [0.3, 0.4) is 0 Å². The molecule has 0 atom stereocenters. The number of aryl methyl sites for hydroxylation is 3. The molecule has 0 amide bonds. The predicted octanol–water partition coefficient (Wildman–Crippen LogP) is 3.69. The van der Waals surface area contributed by atoms with Gasteiger partial charge in [0.15, 0.2) is 0 Å². The third kappa shape index (κ3) is 4.27. The highest BCUT2D eigenvalue weighted by Gasteiger charge is 2.23. The fraction of sp³-hybridized carbons (Fsp3) is 0.579. The van der Waals surface area contributed by atoms with Crippen LogP contribution in [0, 0.1) is 20.8 Å². The standard InChI is InChI=1S/C19H27BrN4O2/c1-12-4-5-13(2)24(12)19-21-14(3)17(20)18(23-19)22-15-6-8-16(9-7-15)26-11-10-25/h4-5,15-16,25H,6-11H2,1-3H3,(H,21,22,23)/t15-,16+. The maximum absolute atomic E-state index is 8.88. The van der Waals surface area contributed by atoms with Crippen LogP contribution in [-0.4, -0.2) is 45.0 Å². The van der Waals surface area contributed by atoms with Crippen molar-refractivity contribution in [1.29, 1.82) is 0 Å². The number of halogens is 1. The monoisotopic (exact) mass is 422 g/mol. The van der Waals surface area contributed by atoms with E-state index in [2.05, 4.69) is 56.8 Å². The molecular formula is C19H27BrN4O2. The number of rotatable bonds is 6. The molecule has 0 bridgehead atoms. The van der Waals surface area contributed by atoms with Crippen LogP contribution in [0.25, 0.3) is 5.95 Å². The van der Waals surface area contributed by atoms with Gasteiger partial charge >= 0.3 is 0 Å². The van der Waals surface area contributed by atoms with Gasteiger partial charge in [0.1, 0.15) is 5.82 Å². The fourth-order valence-electron chi connectivity index (χ4n) is 3.51. The number of aliphatic hydroxyl groups excluding tert-OH is 1. The maximum atomic E-state index is 8.88. The number of hydrogen-bond donors (Lipinski definition) is 2. The molecule has 0 radical (unpaired) electrons. The van der Waals surface area contributed by atoms with Gasteiger partial charge in [0.2, 0.25) is 5.95 Å². The second-order valence-corrected chi connectivity index (χ2v) is 7.73. The molecule has 7 heteroatoms. The Kier molecular flexibility index (Phi) is 6.32. The van der Waals surface area contributed by atoms with Gasteiger partial charge in [-0.1, -0.05) is 0 Å². The minimum Gasteiger partial charge on any atom is -0.394 e. The average molecular weight is 423 g/mol. The van der Waals surface area contributed by atoms with Crippen molar-refractivity contribution in [3.63, 3.8) is 0 Å². The molecule has 0 saturated heterocycles. The summed E-state index contributed by atoms with van der Waals surface area (Å²) >= 11 is 3.64. The number of aliphatic hydroxyl groups is 1. The highest BCUT2D eigenvalue weighted by molar-refractivity contribution is 9.10. The lowest BCUT2D eigenvalue weighted by Crippen LogP contribution is -2.31. The van der Waals surface area contributed by atoms with Crippen molar-refractivity contribution in [2.75, 3.05) is 18.5 Å². The van der Waals surface area contributed by atoms with E-state index in [1.807, 2.05) is 6.92 Å². The molecule has 2 aromatic rings. The van der Waals surface area contributed by atoms with Crippen LogP contribution >= 0.6 is 15.9 Å². The second kappa shape index (κ2) is 8.50. The van der Waals surface area contributed by atoms with Crippen LogP contribution in [0.5, 0.6) is 0 Å². The third-order valence-corrected chi connectivity index (χ3v) is 5.89. The normalized spacial score (nSPS) is 20.3. The highest BCUT2D eigenvalue weighted by Crippen LogP contribution is 2.29. The number of aromatic nitrogens is 3. The van der Waals surface area contributed by atoms with E-state index in [0.717, 1.165) is 53.1 Å². The molecule has 26 heavy (non-hydrogen) atoms. The van der Waals surface area contributed by atoms with Gasteiger partial charge in [-0.25, -0.2) is 4.98 Å². The Morgan fingerprint density at radius 1 is 1.15 bits per heavy atom. The molecule has 0 aliphatic heterocycles. The molecular weight excluding hydrogens is 396 g/mol. The molecule has 2 heterocycles. The lowest BCUT2D eigenvalue weighted by Gasteiger charge is -2.29. The third-order valence-electron chi connectivity index (χ3n) is 4.94. The molecule has 0 aromatic carbocycles. The van der Waals surface area contributed by atoms with E-state index in [9.17, 15) is 0 Å². The summed E-state index contributed by atoms with van der Waals surface area (Å²) in [5, 5.41) is 12.5. The number of nitrogens with one attached hydrogen (secondary N) is 1. The zero-order valence-electron chi connectivity index (χ0n) is 15.6. The molecule has 0 unspecified atom stereocenters. The van der Waals surface area contributed by atoms with E-state index in [1.165, 1.54) is 0 Å². The van der Waals surface area contributed by atoms with Crippen LogP contribution in [0.1, 0.15) is 42.8 Å². The van der Waals surface area contributed by atoms with E-state index >= 15 is 0 Å². The second-order valence-electron chi connectivity index (χ2n) is 6.94. The van der Waals surface area contributed by atoms with Crippen molar-refractivity contribution in [3.8, 4) is 5.95 Å². The Balaban J connectivity index is 1.74. The molecule has 6 nitrogen and oxygen atoms in total. The Morgan fingerprint density at radius 3 is 2.42 bits per heavy atom. The van der Waals surface area contributed by atoms with Gasteiger partial charge in [-0.15, -0.1) is 0 Å². The summed E-state index contributed by atoms with van der Waals surface area (Å²) in [5.41, 5.74) is 3.17. The van der Waals surface area contributed by atoms with Crippen LogP contribution in [-0.2, 0) is 4.74 Å². The number of anilines is 1. The molecule has 3 rings (SSSR count). The topological polar surface area (TPSA) is 72.2 Å². The Labute approximate surface area is 163 Å². The molecule has 2 N–H and O–H groups in total. The summed E-state index contributed by atoms with van der Waals surface area (Å²) in [4.78, 5) is 9.45. The van der Waals surface area contributed by atoms with Crippen LogP contribution in [0.15, 0.2) is 16.6 Å². The lowest BCUT2D eigenvalue weighted by atomic mass is 9.93. The minimum absolute atomic E-state index is 0.0896. The van der Waals surface area contributed by atoms with Gasteiger partial charge in [0.05, 0.1) is 29.5 Å². The zero-order valence-corrected chi connectivity index (χ0v) is 17.2. The molecule has 1 aliphatic carbocycles. The van der Waals surface area contributed by atoms with Crippen molar-refractivity contribution in [2.45, 2.75) is 58.6 Å². The van der Waals surface area contributed by atoms with Crippen molar-refractivity contribution in [3.05, 3.63) is 33.7 Å². The van der Waals surface area contributed by atoms with Crippen molar-refractivity contribution < 1.29 is 9.84 Å². The average Bonchev–Trinajstić information content (AvgIpc) is 2.96. The van der Waals surface area contributed by atoms with Gasteiger partial charge in [-0.2, -0.15) is 4.98 Å². The van der Waals surface area contributed by atoms with Gasteiger partial charge in [-0.05, 0) is 74.5 Å². The Hall–Kier alpha value is -1.44. The molecule has 1 fully saturated rings.